The number of benzene rings is 2. The number of nitrogens with one attached hydrogen (secondary N) is 1. The van der Waals surface area contributed by atoms with Crippen LogP contribution in [0.25, 0.3) is 10.2 Å². The summed E-state index contributed by atoms with van der Waals surface area (Å²) < 4.78 is 0.936. The second kappa shape index (κ2) is 12.3. The van der Waals surface area contributed by atoms with Gasteiger partial charge in [0.25, 0.3) is 0 Å². The van der Waals surface area contributed by atoms with Gasteiger partial charge in [-0.3, -0.25) is 14.6 Å². The van der Waals surface area contributed by atoms with E-state index in [1.54, 1.807) is 20.9 Å². The van der Waals surface area contributed by atoms with Crippen LogP contribution in [0.3, 0.4) is 0 Å². The molecule has 1 aromatic heterocycles. The fraction of sp³-hybridized carbons (Fsp3) is 0.367. The highest BCUT2D eigenvalue weighted by Crippen LogP contribution is 2.32. The Bertz CT molecular complexity index is 1510. The van der Waals surface area contributed by atoms with Gasteiger partial charge in [-0.1, -0.05) is 60.7 Å². The lowest BCUT2D eigenvalue weighted by atomic mass is 9.97. The van der Waals surface area contributed by atoms with Crippen molar-refractivity contribution >= 4 is 50.8 Å². The third-order valence-electron chi connectivity index (χ3n) is 7.75. The summed E-state index contributed by atoms with van der Waals surface area (Å²) in [6.07, 6.45) is 2.93. The van der Waals surface area contributed by atoms with Crippen molar-refractivity contribution in [3.63, 3.8) is 0 Å². The molecule has 0 spiro atoms. The number of carbonyl (C=O) groups is 4. The number of anilines is 1. The van der Waals surface area contributed by atoms with Crippen molar-refractivity contribution in [2.75, 3.05) is 32.4 Å². The number of nitrogens with zero attached hydrogens (tertiary/aromatic N) is 5. The number of piperazine rings is 1. The number of fused-ring (bicyclic) bond motifs is 2. The second-order valence-electron chi connectivity index (χ2n) is 10.7. The van der Waals surface area contributed by atoms with Gasteiger partial charge in [-0.15, -0.1) is 6.58 Å². The van der Waals surface area contributed by atoms with Crippen LogP contribution < -0.4 is 11.1 Å². The number of hydrazine groups is 1. The van der Waals surface area contributed by atoms with E-state index in [2.05, 4.69) is 16.9 Å². The summed E-state index contributed by atoms with van der Waals surface area (Å²) in [4.78, 5) is 59.4. The van der Waals surface area contributed by atoms with E-state index in [0.717, 1.165) is 33.2 Å². The SMILES string of the molecule is C=CCN(C(=O)NC)N1CC(=O)N2[C@@H](Cc3ccc(C[C@H](C)C=O)cc3)C(=O)N(Cc3cccc4sc(N)nc34)C[C@@H]21. The summed E-state index contributed by atoms with van der Waals surface area (Å²) in [5, 5.41) is 6.28. The van der Waals surface area contributed by atoms with Gasteiger partial charge in [0.05, 0.1) is 29.9 Å². The van der Waals surface area contributed by atoms with Gasteiger partial charge in [0.2, 0.25) is 11.8 Å². The molecule has 3 heterocycles. The quantitative estimate of drug-likeness (QED) is 0.274. The number of aldehydes is 1. The standard InChI is InChI=1S/C30H35N7O4S/c1-4-12-35(30(41)32-3)36-17-26(39)37-23(14-21-10-8-20(9-11-21)13-19(2)18-38)28(40)34(16-25(36)37)15-22-6-5-7-24-27(22)33-29(31)42-24/h4-11,18-19,23,25H,1,12-17H2,2-3H3,(H2,31,33)(H,32,41)/t19-,23-,25+/m0/s1. The lowest BCUT2D eigenvalue weighted by Gasteiger charge is -2.46. The molecule has 42 heavy (non-hydrogen) atoms. The average molecular weight is 590 g/mol. The molecule has 2 saturated heterocycles. The van der Waals surface area contributed by atoms with E-state index in [1.807, 2.05) is 49.4 Å². The smallest absolute Gasteiger partial charge is 0.332 e. The van der Waals surface area contributed by atoms with Gasteiger partial charge in [0.15, 0.2) is 5.13 Å². The minimum Gasteiger partial charge on any atom is -0.375 e. The van der Waals surface area contributed by atoms with E-state index in [0.29, 0.717) is 18.0 Å². The highest BCUT2D eigenvalue weighted by atomic mass is 32.1. The molecule has 2 aliphatic rings. The molecule has 2 fully saturated rings. The minimum absolute atomic E-state index is 0.0374. The second-order valence-corrected chi connectivity index (χ2v) is 11.8. The molecule has 0 bridgehead atoms. The Morgan fingerprint density at radius 3 is 2.67 bits per heavy atom. The first-order valence-corrected chi connectivity index (χ1v) is 14.7. The van der Waals surface area contributed by atoms with Crippen molar-refractivity contribution in [2.45, 2.75) is 38.5 Å². The van der Waals surface area contributed by atoms with Gasteiger partial charge in [-0.2, -0.15) is 5.01 Å². The summed E-state index contributed by atoms with van der Waals surface area (Å²) in [5.41, 5.74) is 9.52. The molecule has 3 atom stereocenters. The molecule has 2 aromatic carbocycles. The van der Waals surface area contributed by atoms with Crippen molar-refractivity contribution in [2.24, 2.45) is 5.92 Å². The maximum atomic E-state index is 14.1. The molecule has 3 aromatic rings. The summed E-state index contributed by atoms with van der Waals surface area (Å²) in [7, 11) is 1.54. The average Bonchev–Trinajstić information content (AvgIpc) is 3.53. The summed E-state index contributed by atoms with van der Waals surface area (Å²) >= 11 is 1.39. The van der Waals surface area contributed by atoms with E-state index in [1.165, 1.54) is 23.4 Å². The van der Waals surface area contributed by atoms with Gasteiger partial charge in [0, 0.05) is 25.9 Å². The van der Waals surface area contributed by atoms with Gasteiger partial charge >= 0.3 is 6.03 Å². The predicted molar refractivity (Wildman–Crippen MR) is 161 cm³/mol. The van der Waals surface area contributed by atoms with Crippen LogP contribution in [-0.2, 0) is 33.8 Å². The zero-order valence-corrected chi connectivity index (χ0v) is 24.5. The van der Waals surface area contributed by atoms with Crippen LogP contribution in [0.2, 0.25) is 0 Å². The molecule has 5 rings (SSSR count). The van der Waals surface area contributed by atoms with Gasteiger partial charge in [0.1, 0.15) is 18.5 Å². The Balaban J connectivity index is 1.49. The zero-order valence-electron chi connectivity index (χ0n) is 23.7. The largest absolute Gasteiger partial charge is 0.375 e. The Labute approximate surface area is 248 Å². The number of nitrogen functional groups attached to an aromatic ring is 1. The Morgan fingerprint density at radius 1 is 1.24 bits per heavy atom. The topological polar surface area (TPSA) is 132 Å². The first-order chi connectivity index (χ1) is 20.2. The van der Waals surface area contributed by atoms with Crippen molar-refractivity contribution in [1.82, 2.24) is 30.1 Å². The van der Waals surface area contributed by atoms with E-state index in [9.17, 15) is 19.2 Å². The molecule has 12 heteroatoms. The molecule has 0 unspecified atom stereocenters. The number of thiazole rings is 1. The van der Waals surface area contributed by atoms with Gasteiger partial charge < -0.3 is 25.6 Å². The van der Waals surface area contributed by atoms with Crippen LogP contribution in [0, 0.1) is 5.92 Å². The molecular formula is C30H35N7O4S. The monoisotopic (exact) mass is 589 g/mol. The number of amides is 4. The molecule has 0 aliphatic carbocycles. The van der Waals surface area contributed by atoms with E-state index in [-0.39, 0.29) is 49.9 Å². The van der Waals surface area contributed by atoms with Crippen LogP contribution in [0.4, 0.5) is 9.93 Å². The lowest BCUT2D eigenvalue weighted by Crippen LogP contribution is -2.65. The van der Waals surface area contributed by atoms with Crippen molar-refractivity contribution in [3.05, 3.63) is 71.8 Å². The normalized spacial score (nSPS) is 19.6. The highest BCUT2D eigenvalue weighted by molar-refractivity contribution is 7.22. The number of hydrogen-bond acceptors (Lipinski definition) is 8. The molecule has 0 radical (unpaired) electrons. The lowest BCUT2D eigenvalue weighted by molar-refractivity contribution is -0.157. The number of carbonyl (C=O) groups excluding carboxylic acids is 4. The van der Waals surface area contributed by atoms with Crippen LogP contribution in [0.15, 0.2) is 55.1 Å². The number of aromatic nitrogens is 1. The van der Waals surface area contributed by atoms with Crippen molar-refractivity contribution < 1.29 is 19.2 Å². The molecule has 3 N–H and O–H groups in total. The fourth-order valence-electron chi connectivity index (χ4n) is 5.76. The number of rotatable bonds is 10. The van der Waals surface area contributed by atoms with Gasteiger partial charge in [-0.05, 0) is 29.2 Å². The highest BCUT2D eigenvalue weighted by Gasteiger charge is 2.52. The summed E-state index contributed by atoms with van der Waals surface area (Å²) in [6.45, 7) is 6.31. The van der Waals surface area contributed by atoms with E-state index < -0.39 is 12.2 Å². The van der Waals surface area contributed by atoms with Crippen LogP contribution in [0.5, 0.6) is 0 Å². The third-order valence-corrected chi connectivity index (χ3v) is 8.60. The van der Waals surface area contributed by atoms with E-state index >= 15 is 0 Å². The number of nitrogens with two attached hydrogens (primary N) is 1. The molecule has 4 amide bonds. The van der Waals surface area contributed by atoms with Crippen LogP contribution in [0.1, 0.15) is 23.6 Å². The van der Waals surface area contributed by atoms with Crippen LogP contribution in [-0.4, -0.2) is 87.8 Å². The van der Waals surface area contributed by atoms with Crippen molar-refractivity contribution in [1.29, 1.82) is 0 Å². The summed E-state index contributed by atoms with van der Waals surface area (Å²) in [6, 6.07) is 12.5. The van der Waals surface area contributed by atoms with Gasteiger partial charge in [-0.25, -0.2) is 9.78 Å². The number of urea groups is 1. The Kier molecular flexibility index (Phi) is 8.55. The minimum atomic E-state index is -0.768. The number of para-hydroxylation sites is 1. The third kappa shape index (κ3) is 5.72. The van der Waals surface area contributed by atoms with Crippen LogP contribution >= 0.6 is 11.3 Å². The predicted octanol–water partition coefficient (Wildman–Crippen LogP) is 2.42. The molecule has 11 nitrogen and oxygen atoms in total. The maximum absolute atomic E-state index is 14.1. The first-order valence-electron chi connectivity index (χ1n) is 13.9. The molecule has 2 aliphatic heterocycles. The first kappa shape index (κ1) is 29.2. The zero-order chi connectivity index (χ0) is 30.0. The van der Waals surface area contributed by atoms with E-state index in [4.69, 9.17) is 5.73 Å². The Hall–Kier alpha value is -4.29. The fourth-order valence-corrected chi connectivity index (χ4v) is 6.54. The maximum Gasteiger partial charge on any atom is 0.332 e. The number of hydrogen-bond donors (Lipinski definition) is 2. The van der Waals surface area contributed by atoms with Crippen molar-refractivity contribution in [3.8, 4) is 0 Å². The Morgan fingerprint density at radius 2 is 1.98 bits per heavy atom. The molecule has 220 valence electrons. The molecular weight excluding hydrogens is 554 g/mol. The summed E-state index contributed by atoms with van der Waals surface area (Å²) in [5.74, 6) is -0.480. The molecule has 0 saturated carbocycles.